The summed E-state index contributed by atoms with van der Waals surface area (Å²) in [4.78, 5) is 14.2. The van der Waals surface area contributed by atoms with Crippen molar-refractivity contribution in [2.45, 2.75) is 13.8 Å². The summed E-state index contributed by atoms with van der Waals surface area (Å²) < 4.78 is 11.4. The number of anilines is 1. The summed E-state index contributed by atoms with van der Waals surface area (Å²) in [6.45, 7) is 6.99. The number of carbonyl (C=O) groups excluding carboxylic acids is 1. The van der Waals surface area contributed by atoms with Crippen LogP contribution in [0.3, 0.4) is 0 Å². The van der Waals surface area contributed by atoms with E-state index in [1.165, 1.54) is 0 Å². The molecule has 2 aromatic rings. The fraction of sp³-hybridized carbons (Fsp3) is 0.350. The van der Waals surface area contributed by atoms with Gasteiger partial charge in [-0.05, 0) is 37.4 Å². The molecule has 2 aromatic carbocycles. The molecular formula is C20H26N2O3. The Morgan fingerprint density at radius 1 is 0.920 bits per heavy atom. The molecular weight excluding hydrogens is 316 g/mol. The van der Waals surface area contributed by atoms with Crippen LogP contribution in [-0.4, -0.2) is 43.7 Å². The third-order valence-corrected chi connectivity index (χ3v) is 3.78. The van der Waals surface area contributed by atoms with Crippen molar-refractivity contribution in [3.05, 3.63) is 54.6 Å². The molecule has 0 aromatic heterocycles. The number of hydrogen-bond donors (Lipinski definition) is 1. The van der Waals surface area contributed by atoms with Gasteiger partial charge in [0, 0.05) is 0 Å². The maximum Gasteiger partial charge on any atom is 0.238 e. The van der Waals surface area contributed by atoms with Crippen LogP contribution in [0.4, 0.5) is 5.69 Å². The van der Waals surface area contributed by atoms with Gasteiger partial charge in [-0.3, -0.25) is 9.69 Å². The van der Waals surface area contributed by atoms with Crippen LogP contribution in [0.1, 0.15) is 13.8 Å². The van der Waals surface area contributed by atoms with Crippen LogP contribution in [-0.2, 0) is 4.79 Å². The second-order valence-corrected chi connectivity index (χ2v) is 5.52. The Bertz CT molecular complexity index is 642. The Morgan fingerprint density at radius 3 is 2.28 bits per heavy atom. The first kappa shape index (κ1) is 18.8. The summed E-state index contributed by atoms with van der Waals surface area (Å²) in [5, 5.41) is 2.92. The Balaban J connectivity index is 1.84. The van der Waals surface area contributed by atoms with Crippen molar-refractivity contribution in [1.29, 1.82) is 0 Å². The van der Waals surface area contributed by atoms with Crippen LogP contribution in [0, 0.1) is 0 Å². The van der Waals surface area contributed by atoms with Crippen LogP contribution < -0.4 is 14.8 Å². The van der Waals surface area contributed by atoms with Crippen LogP contribution >= 0.6 is 0 Å². The van der Waals surface area contributed by atoms with Gasteiger partial charge >= 0.3 is 0 Å². The number of hydrogen-bond acceptors (Lipinski definition) is 4. The first-order valence-corrected chi connectivity index (χ1v) is 8.64. The number of nitrogens with zero attached hydrogens (tertiary/aromatic N) is 1. The van der Waals surface area contributed by atoms with E-state index < -0.39 is 0 Å². The number of ether oxygens (including phenoxy) is 2. The van der Waals surface area contributed by atoms with E-state index in [1.807, 2.05) is 68.4 Å². The van der Waals surface area contributed by atoms with Crippen molar-refractivity contribution < 1.29 is 14.3 Å². The van der Waals surface area contributed by atoms with E-state index in [1.54, 1.807) is 0 Å². The van der Waals surface area contributed by atoms with Crippen molar-refractivity contribution in [2.24, 2.45) is 0 Å². The number of amides is 1. The molecule has 0 atom stereocenters. The lowest BCUT2D eigenvalue weighted by atomic mass is 10.3. The molecule has 5 nitrogen and oxygen atoms in total. The quantitative estimate of drug-likeness (QED) is 0.672. The van der Waals surface area contributed by atoms with Crippen molar-refractivity contribution >= 4 is 11.6 Å². The minimum absolute atomic E-state index is 0.0414. The molecule has 25 heavy (non-hydrogen) atoms. The second kappa shape index (κ2) is 10.4. The maximum atomic E-state index is 12.2. The molecule has 5 heteroatoms. The predicted octanol–water partition coefficient (Wildman–Crippen LogP) is 3.42. The van der Waals surface area contributed by atoms with Crippen LogP contribution in [0.15, 0.2) is 54.6 Å². The molecule has 0 unspecified atom stereocenters. The van der Waals surface area contributed by atoms with E-state index in [0.29, 0.717) is 31.2 Å². The number of carbonyl (C=O) groups is 1. The Hall–Kier alpha value is -2.53. The third kappa shape index (κ3) is 6.47. The Kier molecular flexibility index (Phi) is 7.79. The van der Waals surface area contributed by atoms with Gasteiger partial charge in [-0.25, -0.2) is 0 Å². The number of para-hydroxylation sites is 3. The van der Waals surface area contributed by atoms with E-state index in [0.717, 1.165) is 18.8 Å². The molecule has 1 N–H and O–H groups in total. The molecule has 0 radical (unpaired) electrons. The molecule has 1 amide bonds. The Morgan fingerprint density at radius 2 is 1.56 bits per heavy atom. The maximum absolute atomic E-state index is 12.2. The number of benzene rings is 2. The average molecular weight is 342 g/mol. The van der Waals surface area contributed by atoms with Gasteiger partial charge in [0.2, 0.25) is 5.91 Å². The van der Waals surface area contributed by atoms with Crippen molar-refractivity contribution in [3.8, 4) is 11.5 Å². The molecule has 0 saturated carbocycles. The fourth-order valence-electron chi connectivity index (χ4n) is 2.36. The topological polar surface area (TPSA) is 50.8 Å². The smallest absolute Gasteiger partial charge is 0.238 e. The SMILES string of the molecule is CCN(CC)CC(=O)Nc1ccccc1OCCOc1ccccc1. The standard InChI is InChI=1S/C20H26N2O3/c1-3-22(4-2)16-20(23)21-18-12-8-9-13-19(18)25-15-14-24-17-10-6-5-7-11-17/h5-13H,3-4,14-16H2,1-2H3,(H,21,23). The monoisotopic (exact) mass is 342 g/mol. The van der Waals surface area contributed by atoms with E-state index in [4.69, 9.17) is 9.47 Å². The Labute approximate surface area is 149 Å². The number of likely N-dealkylation sites (N-methyl/N-ethyl adjacent to an activating group) is 1. The molecule has 0 saturated heterocycles. The summed E-state index contributed by atoms with van der Waals surface area (Å²) in [6, 6.07) is 17.0. The van der Waals surface area contributed by atoms with Gasteiger partial charge < -0.3 is 14.8 Å². The minimum atomic E-state index is -0.0414. The van der Waals surface area contributed by atoms with Crippen LogP contribution in [0.2, 0.25) is 0 Å². The van der Waals surface area contributed by atoms with Gasteiger partial charge in [-0.15, -0.1) is 0 Å². The highest BCUT2D eigenvalue weighted by molar-refractivity contribution is 5.93. The summed E-state index contributed by atoms with van der Waals surface area (Å²) in [5.41, 5.74) is 0.680. The molecule has 0 aliphatic rings. The summed E-state index contributed by atoms with van der Waals surface area (Å²) >= 11 is 0. The summed E-state index contributed by atoms with van der Waals surface area (Å²) in [5.74, 6) is 1.42. The zero-order valence-electron chi connectivity index (χ0n) is 14.9. The highest BCUT2D eigenvalue weighted by atomic mass is 16.5. The van der Waals surface area contributed by atoms with Crippen molar-refractivity contribution in [2.75, 3.05) is 38.2 Å². The molecule has 2 rings (SSSR count). The van der Waals surface area contributed by atoms with Gasteiger partial charge in [0.05, 0.1) is 12.2 Å². The zero-order chi connectivity index (χ0) is 17.9. The summed E-state index contributed by atoms with van der Waals surface area (Å²) in [6.07, 6.45) is 0. The summed E-state index contributed by atoms with van der Waals surface area (Å²) in [7, 11) is 0. The molecule has 0 heterocycles. The van der Waals surface area contributed by atoms with E-state index in [2.05, 4.69) is 10.2 Å². The average Bonchev–Trinajstić information content (AvgIpc) is 2.65. The number of nitrogens with one attached hydrogen (secondary N) is 1. The van der Waals surface area contributed by atoms with Crippen molar-refractivity contribution in [1.82, 2.24) is 4.90 Å². The molecule has 134 valence electrons. The highest BCUT2D eigenvalue weighted by Gasteiger charge is 2.10. The third-order valence-electron chi connectivity index (χ3n) is 3.78. The highest BCUT2D eigenvalue weighted by Crippen LogP contribution is 2.23. The molecule has 0 spiro atoms. The van der Waals surface area contributed by atoms with E-state index in [-0.39, 0.29) is 5.91 Å². The van der Waals surface area contributed by atoms with Crippen LogP contribution in [0.5, 0.6) is 11.5 Å². The first-order valence-electron chi connectivity index (χ1n) is 8.64. The first-order chi connectivity index (χ1) is 12.2. The van der Waals surface area contributed by atoms with Gasteiger partial charge in [0.15, 0.2) is 0 Å². The predicted molar refractivity (Wildman–Crippen MR) is 100 cm³/mol. The lowest BCUT2D eigenvalue weighted by molar-refractivity contribution is -0.117. The van der Waals surface area contributed by atoms with Gasteiger partial charge in [0.1, 0.15) is 24.7 Å². The van der Waals surface area contributed by atoms with E-state index in [9.17, 15) is 4.79 Å². The lowest BCUT2D eigenvalue weighted by Crippen LogP contribution is -2.33. The molecule has 0 aliphatic heterocycles. The lowest BCUT2D eigenvalue weighted by Gasteiger charge is -2.18. The largest absolute Gasteiger partial charge is 0.490 e. The van der Waals surface area contributed by atoms with Crippen LogP contribution in [0.25, 0.3) is 0 Å². The fourth-order valence-corrected chi connectivity index (χ4v) is 2.36. The molecule has 0 aliphatic carbocycles. The van der Waals surface area contributed by atoms with Gasteiger partial charge in [-0.2, -0.15) is 0 Å². The van der Waals surface area contributed by atoms with Crippen molar-refractivity contribution in [3.63, 3.8) is 0 Å². The molecule has 0 fully saturated rings. The minimum Gasteiger partial charge on any atom is -0.490 e. The number of rotatable bonds is 10. The zero-order valence-corrected chi connectivity index (χ0v) is 14.9. The molecule has 0 bridgehead atoms. The second-order valence-electron chi connectivity index (χ2n) is 5.52. The normalized spacial score (nSPS) is 10.5. The van der Waals surface area contributed by atoms with Gasteiger partial charge in [-0.1, -0.05) is 44.2 Å². The van der Waals surface area contributed by atoms with Gasteiger partial charge in [0.25, 0.3) is 0 Å². The van der Waals surface area contributed by atoms with E-state index >= 15 is 0 Å².